The molecule has 3 aromatic rings. The Morgan fingerprint density at radius 1 is 1.07 bits per heavy atom. The van der Waals surface area contributed by atoms with Crippen molar-refractivity contribution >= 4 is 44.4 Å². The maximum atomic E-state index is 13.2. The van der Waals surface area contributed by atoms with Gasteiger partial charge < -0.3 is 4.74 Å². The van der Waals surface area contributed by atoms with Crippen molar-refractivity contribution in [3.8, 4) is 0 Å². The Kier molecular flexibility index (Phi) is 4.03. The van der Waals surface area contributed by atoms with Gasteiger partial charge in [-0.2, -0.15) is 13.1 Å². The number of piperidine rings is 1. The van der Waals surface area contributed by atoms with Gasteiger partial charge in [0, 0.05) is 13.1 Å². The van der Waals surface area contributed by atoms with E-state index < -0.39 is 10.0 Å². The van der Waals surface area contributed by atoms with E-state index in [1.165, 1.54) is 21.5 Å². The monoisotopic (exact) mass is 421 g/mol. The number of nitrogens with zero attached hydrogens (tertiary/aromatic N) is 3. The van der Waals surface area contributed by atoms with Gasteiger partial charge >= 0.3 is 0 Å². The molecule has 140 valence electrons. The van der Waals surface area contributed by atoms with E-state index in [9.17, 15) is 8.42 Å². The van der Waals surface area contributed by atoms with Crippen LogP contribution >= 0.6 is 23.3 Å². The molecule has 3 heterocycles. The molecule has 0 atom stereocenters. The molecule has 0 bridgehead atoms. The maximum Gasteiger partial charge on any atom is 0.245 e. The number of halogens is 1. The summed E-state index contributed by atoms with van der Waals surface area (Å²) in [4.78, 5) is 0.166. The number of hydrogen-bond acceptors (Lipinski definition) is 6. The summed E-state index contributed by atoms with van der Waals surface area (Å²) in [5.41, 5.74) is 2.79. The van der Waals surface area contributed by atoms with Crippen LogP contribution in [0.4, 0.5) is 0 Å². The van der Waals surface area contributed by atoms with Crippen LogP contribution in [0.5, 0.6) is 0 Å². The minimum atomic E-state index is -3.68. The molecular weight excluding hydrogens is 406 g/mol. The Labute approximate surface area is 166 Å². The Bertz CT molecular complexity index is 1140. The second-order valence-corrected chi connectivity index (χ2v) is 9.69. The van der Waals surface area contributed by atoms with Crippen molar-refractivity contribution in [2.24, 2.45) is 0 Å². The predicted octanol–water partition coefficient (Wildman–Crippen LogP) is 3.55. The standard InChI is InChI=1S/C18H16ClN3O3S2/c19-14-5-6-15(17-16(14)20-26-21-17)27(23,24)22-9-7-18(8-10-22)13-4-2-1-3-12(13)11-25-18/h1-6H,7-11H2. The topological polar surface area (TPSA) is 72.4 Å². The molecule has 0 saturated carbocycles. The van der Waals surface area contributed by atoms with Gasteiger partial charge in [0.15, 0.2) is 0 Å². The highest BCUT2D eigenvalue weighted by molar-refractivity contribution is 7.89. The van der Waals surface area contributed by atoms with Crippen LogP contribution in [0.1, 0.15) is 24.0 Å². The van der Waals surface area contributed by atoms with E-state index in [0.29, 0.717) is 48.6 Å². The summed E-state index contributed by atoms with van der Waals surface area (Å²) in [6.07, 6.45) is 1.27. The molecule has 9 heteroatoms. The van der Waals surface area contributed by atoms with E-state index in [1.54, 1.807) is 6.07 Å². The second-order valence-electron chi connectivity index (χ2n) is 6.85. The fraction of sp³-hybridized carbons (Fsp3) is 0.333. The quantitative estimate of drug-likeness (QED) is 0.632. The number of benzene rings is 2. The Morgan fingerprint density at radius 2 is 1.81 bits per heavy atom. The SMILES string of the molecule is O=S(=O)(c1ccc(Cl)c2nsnc12)N1CCC2(CC1)OCc1ccccc12. The van der Waals surface area contributed by atoms with Crippen LogP contribution in [-0.2, 0) is 27.0 Å². The average Bonchev–Trinajstić information content (AvgIpc) is 3.29. The van der Waals surface area contributed by atoms with Crippen molar-refractivity contribution in [3.05, 3.63) is 52.5 Å². The molecule has 0 radical (unpaired) electrons. The number of hydrogen-bond donors (Lipinski definition) is 0. The van der Waals surface area contributed by atoms with Crippen molar-refractivity contribution in [1.82, 2.24) is 13.1 Å². The van der Waals surface area contributed by atoms with E-state index in [4.69, 9.17) is 16.3 Å². The van der Waals surface area contributed by atoms with Crippen LogP contribution in [0.25, 0.3) is 11.0 Å². The molecule has 1 spiro atoms. The summed E-state index contributed by atoms with van der Waals surface area (Å²) >= 11 is 7.08. The third-order valence-electron chi connectivity index (χ3n) is 5.49. The Balaban J connectivity index is 1.45. The Morgan fingerprint density at radius 3 is 2.63 bits per heavy atom. The van der Waals surface area contributed by atoms with Gasteiger partial charge in [-0.1, -0.05) is 35.9 Å². The second kappa shape index (κ2) is 6.22. The van der Waals surface area contributed by atoms with E-state index in [2.05, 4.69) is 20.9 Å². The third kappa shape index (κ3) is 2.62. The molecule has 2 aliphatic rings. The third-order valence-corrected chi connectivity index (χ3v) is 8.25. The van der Waals surface area contributed by atoms with Crippen molar-refractivity contribution in [3.63, 3.8) is 0 Å². The van der Waals surface area contributed by atoms with Gasteiger partial charge in [0.1, 0.15) is 15.9 Å². The zero-order chi connectivity index (χ0) is 18.6. The summed E-state index contributed by atoms with van der Waals surface area (Å²) in [7, 11) is -3.68. The van der Waals surface area contributed by atoms with Gasteiger partial charge in [-0.05, 0) is 36.1 Å². The van der Waals surface area contributed by atoms with Crippen molar-refractivity contribution in [2.75, 3.05) is 13.1 Å². The molecule has 27 heavy (non-hydrogen) atoms. The molecule has 2 aliphatic heterocycles. The zero-order valence-corrected chi connectivity index (χ0v) is 16.6. The molecule has 0 amide bonds. The molecule has 2 aromatic carbocycles. The molecule has 1 aromatic heterocycles. The first kappa shape index (κ1) is 17.5. The lowest BCUT2D eigenvalue weighted by Crippen LogP contribution is -2.45. The summed E-state index contributed by atoms with van der Waals surface area (Å²) < 4.78 is 42.4. The molecule has 6 nitrogen and oxygen atoms in total. The normalized spacial score (nSPS) is 19.6. The van der Waals surface area contributed by atoms with Crippen LogP contribution in [-0.4, -0.2) is 34.6 Å². The number of fused-ring (bicyclic) bond motifs is 3. The van der Waals surface area contributed by atoms with E-state index in [0.717, 1.165) is 11.7 Å². The number of aromatic nitrogens is 2. The molecule has 0 unspecified atom stereocenters. The molecule has 0 N–H and O–H groups in total. The van der Waals surface area contributed by atoms with E-state index in [-0.39, 0.29) is 10.5 Å². The van der Waals surface area contributed by atoms with E-state index in [1.807, 2.05) is 12.1 Å². The van der Waals surface area contributed by atoms with E-state index >= 15 is 0 Å². The highest BCUT2D eigenvalue weighted by Gasteiger charge is 2.45. The summed E-state index contributed by atoms with van der Waals surface area (Å²) in [5, 5.41) is 0.409. The summed E-state index contributed by atoms with van der Waals surface area (Å²) in [5.74, 6) is 0. The minimum Gasteiger partial charge on any atom is -0.365 e. The number of sulfonamides is 1. The average molecular weight is 422 g/mol. The van der Waals surface area contributed by atoms with Gasteiger partial charge in [0.25, 0.3) is 0 Å². The first-order valence-electron chi connectivity index (χ1n) is 8.65. The Hall–Kier alpha value is -1.58. The van der Waals surface area contributed by atoms with Crippen LogP contribution < -0.4 is 0 Å². The highest BCUT2D eigenvalue weighted by atomic mass is 35.5. The first-order valence-corrected chi connectivity index (χ1v) is 11.2. The van der Waals surface area contributed by atoms with Crippen molar-refractivity contribution in [1.29, 1.82) is 0 Å². The lowest BCUT2D eigenvalue weighted by Gasteiger charge is -2.38. The maximum absolute atomic E-state index is 13.2. The fourth-order valence-electron chi connectivity index (χ4n) is 4.05. The van der Waals surface area contributed by atoms with Crippen LogP contribution in [0.3, 0.4) is 0 Å². The van der Waals surface area contributed by atoms with Gasteiger partial charge in [0.05, 0.1) is 29.0 Å². The van der Waals surface area contributed by atoms with Gasteiger partial charge in [-0.25, -0.2) is 8.42 Å². The van der Waals surface area contributed by atoms with Gasteiger partial charge in [-0.15, -0.1) is 0 Å². The van der Waals surface area contributed by atoms with Crippen LogP contribution in [0.2, 0.25) is 5.02 Å². The molecular formula is C18H16ClN3O3S2. The number of ether oxygens (including phenoxy) is 1. The molecule has 5 rings (SSSR count). The first-order chi connectivity index (χ1) is 13.0. The fourth-order valence-corrected chi connectivity index (χ4v) is 6.49. The lowest BCUT2D eigenvalue weighted by molar-refractivity contribution is -0.0688. The molecule has 1 fully saturated rings. The number of rotatable bonds is 2. The van der Waals surface area contributed by atoms with Gasteiger partial charge in [0.2, 0.25) is 10.0 Å². The van der Waals surface area contributed by atoms with Gasteiger partial charge in [-0.3, -0.25) is 0 Å². The summed E-state index contributed by atoms with van der Waals surface area (Å²) in [6.45, 7) is 1.39. The summed E-state index contributed by atoms with van der Waals surface area (Å²) in [6, 6.07) is 11.3. The van der Waals surface area contributed by atoms with Crippen molar-refractivity contribution in [2.45, 2.75) is 29.9 Å². The highest BCUT2D eigenvalue weighted by Crippen LogP contribution is 2.45. The molecule has 1 saturated heterocycles. The predicted molar refractivity (Wildman–Crippen MR) is 103 cm³/mol. The lowest BCUT2D eigenvalue weighted by atomic mass is 9.84. The van der Waals surface area contributed by atoms with Crippen LogP contribution in [0.15, 0.2) is 41.3 Å². The minimum absolute atomic E-state index is 0.166. The molecule has 0 aliphatic carbocycles. The smallest absolute Gasteiger partial charge is 0.245 e. The van der Waals surface area contributed by atoms with Crippen molar-refractivity contribution < 1.29 is 13.2 Å². The largest absolute Gasteiger partial charge is 0.365 e. The van der Waals surface area contributed by atoms with Crippen LogP contribution in [0, 0.1) is 0 Å². The zero-order valence-electron chi connectivity index (χ0n) is 14.3.